The van der Waals surface area contributed by atoms with E-state index in [1.807, 2.05) is 26.8 Å². The predicted molar refractivity (Wildman–Crippen MR) is 70.7 cm³/mol. The third-order valence-electron chi connectivity index (χ3n) is 2.48. The molecule has 5 heteroatoms. The maximum Gasteiger partial charge on any atom is 0.319 e. The summed E-state index contributed by atoms with van der Waals surface area (Å²) in [6, 6.07) is 5.13. The van der Waals surface area contributed by atoms with E-state index in [1.54, 1.807) is 12.1 Å². The Bertz CT molecular complexity index is 503. The minimum absolute atomic E-state index is 0.0127. The molecule has 1 aliphatic heterocycles. The van der Waals surface area contributed by atoms with Gasteiger partial charge in [0.25, 0.3) is 0 Å². The quantitative estimate of drug-likeness (QED) is 0.711. The van der Waals surface area contributed by atoms with Gasteiger partial charge in [-0.1, -0.05) is 0 Å². The molecule has 5 nitrogen and oxygen atoms in total. The summed E-state index contributed by atoms with van der Waals surface area (Å²) in [5.74, 6) is -0.0127. The summed E-state index contributed by atoms with van der Waals surface area (Å²) in [4.78, 5) is 22.9. The third-order valence-corrected chi connectivity index (χ3v) is 2.48. The van der Waals surface area contributed by atoms with Gasteiger partial charge in [-0.05, 0) is 44.5 Å². The van der Waals surface area contributed by atoms with Gasteiger partial charge in [-0.2, -0.15) is 0 Å². The van der Waals surface area contributed by atoms with Crippen LogP contribution in [0.15, 0.2) is 18.2 Å². The lowest BCUT2D eigenvalue weighted by molar-refractivity contribution is -0.115. The molecule has 0 fully saturated rings. The van der Waals surface area contributed by atoms with Crippen molar-refractivity contribution in [3.63, 3.8) is 0 Å². The van der Waals surface area contributed by atoms with Crippen LogP contribution in [0.3, 0.4) is 0 Å². The van der Waals surface area contributed by atoms with Crippen molar-refractivity contribution in [1.82, 2.24) is 5.32 Å². The molecule has 3 amide bonds. The monoisotopic (exact) mass is 247 g/mol. The summed E-state index contributed by atoms with van der Waals surface area (Å²) in [6.45, 7) is 5.74. The number of carbonyl (C=O) groups is 2. The van der Waals surface area contributed by atoms with Crippen molar-refractivity contribution in [3.05, 3.63) is 23.8 Å². The van der Waals surface area contributed by atoms with Gasteiger partial charge < -0.3 is 16.0 Å². The molecule has 0 bridgehead atoms. The molecule has 0 saturated heterocycles. The minimum atomic E-state index is -0.279. The number of fused-ring (bicyclic) bond motifs is 1. The summed E-state index contributed by atoms with van der Waals surface area (Å²) < 4.78 is 0. The second-order valence-corrected chi connectivity index (χ2v) is 5.43. The molecule has 1 aromatic carbocycles. The molecular weight excluding hydrogens is 230 g/mol. The van der Waals surface area contributed by atoms with Crippen LogP contribution in [-0.4, -0.2) is 17.5 Å². The first-order chi connectivity index (χ1) is 8.33. The Morgan fingerprint density at radius 3 is 2.72 bits per heavy atom. The van der Waals surface area contributed by atoms with Gasteiger partial charge in [0.15, 0.2) is 0 Å². The van der Waals surface area contributed by atoms with Crippen molar-refractivity contribution in [3.8, 4) is 0 Å². The Kier molecular flexibility index (Phi) is 2.98. The van der Waals surface area contributed by atoms with Crippen LogP contribution in [0.5, 0.6) is 0 Å². The normalized spacial score (nSPS) is 13.8. The first-order valence-electron chi connectivity index (χ1n) is 5.85. The van der Waals surface area contributed by atoms with Gasteiger partial charge in [0.05, 0.1) is 6.42 Å². The van der Waals surface area contributed by atoms with Crippen molar-refractivity contribution in [1.29, 1.82) is 0 Å². The number of hydrogen-bond acceptors (Lipinski definition) is 2. The van der Waals surface area contributed by atoms with Gasteiger partial charge in [-0.25, -0.2) is 4.79 Å². The Morgan fingerprint density at radius 2 is 2.06 bits per heavy atom. The summed E-state index contributed by atoms with van der Waals surface area (Å²) >= 11 is 0. The van der Waals surface area contributed by atoms with Gasteiger partial charge in [0.2, 0.25) is 5.91 Å². The number of hydrogen-bond donors (Lipinski definition) is 3. The average molecular weight is 247 g/mol. The maximum absolute atomic E-state index is 11.7. The average Bonchev–Trinajstić information content (AvgIpc) is 2.53. The zero-order valence-corrected chi connectivity index (χ0v) is 10.8. The van der Waals surface area contributed by atoms with Gasteiger partial charge in [-0.15, -0.1) is 0 Å². The molecule has 0 atom stereocenters. The van der Waals surface area contributed by atoms with Crippen LogP contribution < -0.4 is 16.0 Å². The zero-order chi connectivity index (χ0) is 13.3. The molecule has 0 saturated carbocycles. The molecule has 0 aliphatic carbocycles. The van der Waals surface area contributed by atoms with Gasteiger partial charge >= 0.3 is 6.03 Å². The van der Waals surface area contributed by atoms with E-state index in [-0.39, 0.29) is 17.5 Å². The smallest absolute Gasteiger partial charge is 0.319 e. The summed E-state index contributed by atoms with van der Waals surface area (Å²) in [7, 11) is 0. The van der Waals surface area contributed by atoms with Gasteiger partial charge in [0.1, 0.15) is 0 Å². The van der Waals surface area contributed by atoms with Crippen molar-refractivity contribution in [2.75, 3.05) is 10.6 Å². The van der Waals surface area contributed by atoms with Gasteiger partial charge in [0, 0.05) is 16.9 Å². The lowest BCUT2D eigenvalue weighted by atomic mass is 10.1. The largest absolute Gasteiger partial charge is 0.333 e. The lowest BCUT2D eigenvalue weighted by Crippen LogP contribution is -2.43. The molecule has 0 unspecified atom stereocenters. The summed E-state index contributed by atoms with van der Waals surface area (Å²) in [5.41, 5.74) is 2.14. The maximum atomic E-state index is 11.7. The fourth-order valence-electron chi connectivity index (χ4n) is 1.81. The van der Waals surface area contributed by atoms with Gasteiger partial charge in [-0.3, -0.25) is 4.79 Å². The molecule has 0 aromatic heterocycles. The number of amides is 3. The first-order valence-corrected chi connectivity index (χ1v) is 5.85. The van der Waals surface area contributed by atoms with E-state index in [0.717, 1.165) is 11.3 Å². The van der Waals surface area contributed by atoms with Crippen LogP contribution in [-0.2, 0) is 11.2 Å². The highest BCUT2D eigenvalue weighted by atomic mass is 16.2. The highest BCUT2D eigenvalue weighted by Gasteiger charge is 2.18. The predicted octanol–water partition coefficient (Wildman–Crippen LogP) is 2.10. The molecule has 18 heavy (non-hydrogen) atoms. The Hall–Kier alpha value is -2.04. The number of rotatable bonds is 1. The van der Waals surface area contributed by atoms with Crippen LogP contribution >= 0.6 is 0 Å². The van der Waals surface area contributed by atoms with E-state index in [0.29, 0.717) is 12.1 Å². The Labute approximate surface area is 106 Å². The Morgan fingerprint density at radius 1 is 1.33 bits per heavy atom. The first kappa shape index (κ1) is 12.4. The SMILES string of the molecule is CC(C)(C)NC(=O)Nc1ccc2c(c1)CC(=O)N2. The molecule has 96 valence electrons. The molecule has 1 aliphatic rings. The fraction of sp³-hybridized carbons (Fsp3) is 0.385. The Balaban J connectivity index is 2.05. The van der Waals surface area contributed by atoms with E-state index in [1.165, 1.54) is 0 Å². The summed E-state index contributed by atoms with van der Waals surface area (Å²) in [5, 5.41) is 8.31. The molecule has 1 heterocycles. The minimum Gasteiger partial charge on any atom is -0.333 e. The number of benzene rings is 1. The molecular formula is C13H17N3O2. The van der Waals surface area contributed by atoms with Crippen LogP contribution in [0, 0.1) is 0 Å². The van der Waals surface area contributed by atoms with Crippen molar-refractivity contribution in [2.24, 2.45) is 0 Å². The standard InChI is InChI=1S/C13H17N3O2/c1-13(2,3)16-12(18)14-9-4-5-10-8(6-9)7-11(17)15-10/h4-6H,7H2,1-3H3,(H,15,17)(H2,14,16,18). The topological polar surface area (TPSA) is 70.2 Å². The van der Waals surface area contributed by atoms with E-state index in [2.05, 4.69) is 16.0 Å². The fourth-order valence-corrected chi connectivity index (χ4v) is 1.81. The number of nitrogens with one attached hydrogen (secondary N) is 3. The van der Waals surface area contributed by atoms with E-state index >= 15 is 0 Å². The lowest BCUT2D eigenvalue weighted by Gasteiger charge is -2.20. The zero-order valence-electron chi connectivity index (χ0n) is 10.8. The van der Waals surface area contributed by atoms with Crippen molar-refractivity contribution >= 4 is 23.3 Å². The summed E-state index contributed by atoms with van der Waals surface area (Å²) in [6.07, 6.45) is 0.367. The van der Waals surface area contributed by atoms with Crippen LogP contribution in [0.25, 0.3) is 0 Å². The second-order valence-electron chi connectivity index (χ2n) is 5.43. The highest BCUT2D eigenvalue weighted by molar-refractivity contribution is 6.00. The molecule has 0 spiro atoms. The number of carbonyl (C=O) groups excluding carboxylic acids is 2. The number of urea groups is 1. The van der Waals surface area contributed by atoms with E-state index in [9.17, 15) is 9.59 Å². The third kappa shape index (κ3) is 3.00. The van der Waals surface area contributed by atoms with E-state index < -0.39 is 0 Å². The van der Waals surface area contributed by atoms with Crippen LogP contribution in [0.2, 0.25) is 0 Å². The van der Waals surface area contributed by atoms with Crippen LogP contribution in [0.1, 0.15) is 26.3 Å². The van der Waals surface area contributed by atoms with Crippen LogP contribution in [0.4, 0.5) is 16.2 Å². The number of anilines is 2. The second kappa shape index (κ2) is 4.33. The van der Waals surface area contributed by atoms with E-state index in [4.69, 9.17) is 0 Å². The molecule has 1 aromatic rings. The highest BCUT2D eigenvalue weighted by Crippen LogP contribution is 2.25. The molecule has 2 rings (SSSR count). The molecule has 0 radical (unpaired) electrons. The van der Waals surface area contributed by atoms with Crippen molar-refractivity contribution < 1.29 is 9.59 Å². The molecule has 3 N–H and O–H groups in total. The van der Waals surface area contributed by atoms with Crippen molar-refractivity contribution in [2.45, 2.75) is 32.7 Å².